The van der Waals surface area contributed by atoms with Gasteiger partial charge < -0.3 is 9.52 Å². The summed E-state index contributed by atoms with van der Waals surface area (Å²) in [5.74, 6) is 2.22. The molecule has 1 amide bonds. The molecule has 21 heavy (non-hydrogen) atoms. The van der Waals surface area contributed by atoms with Crippen molar-refractivity contribution in [2.45, 2.75) is 19.3 Å². The molecule has 0 saturated heterocycles. The average Bonchev–Trinajstić information content (AvgIpc) is 3.01. The second kappa shape index (κ2) is 5.44. The molecule has 1 aliphatic rings. The van der Waals surface area contributed by atoms with Crippen LogP contribution in [-0.4, -0.2) is 17.2 Å². The summed E-state index contributed by atoms with van der Waals surface area (Å²) in [5, 5.41) is 13.4. The van der Waals surface area contributed by atoms with Gasteiger partial charge in [-0.05, 0) is 36.6 Å². The van der Waals surface area contributed by atoms with E-state index in [1.54, 1.807) is 12.1 Å². The number of phenolic OH excluding ortho intramolecular Hbond substituents is 1. The minimum Gasteiger partial charge on any atom is -0.507 e. The molecule has 2 aromatic rings. The Bertz CT molecular complexity index is 690. The Kier molecular flexibility index (Phi) is 3.48. The number of phenols is 1. The maximum Gasteiger partial charge on any atom is 0.275 e. The largest absolute Gasteiger partial charge is 0.507 e. The van der Waals surface area contributed by atoms with E-state index in [0.29, 0.717) is 17.6 Å². The van der Waals surface area contributed by atoms with Crippen LogP contribution in [0.15, 0.2) is 45.9 Å². The van der Waals surface area contributed by atoms with Crippen LogP contribution in [0.3, 0.4) is 0 Å². The zero-order chi connectivity index (χ0) is 14.8. The molecule has 1 aliphatic carbocycles. The Morgan fingerprint density at radius 2 is 2.14 bits per heavy atom. The molecule has 1 aromatic carbocycles. The van der Waals surface area contributed by atoms with Gasteiger partial charge in [-0.15, -0.1) is 0 Å². The highest BCUT2D eigenvalue weighted by atomic mass is 16.3. The molecule has 3 rings (SSSR count). The van der Waals surface area contributed by atoms with Gasteiger partial charge in [0.1, 0.15) is 17.3 Å². The molecule has 5 heteroatoms. The van der Waals surface area contributed by atoms with E-state index in [0.717, 1.165) is 12.2 Å². The molecule has 0 radical (unpaired) electrons. The summed E-state index contributed by atoms with van der Waals surface area (Å²) in [5.41, 5.74) is 2.54. The molecule has 0 bridgehead atoms. The van der Waals surface area contributed by atoms with Crippen LogP contribution in [0.1, 0.15) is 41.1 Å². The number of carbonyl (C=O) groups excluding carboxylic acids is 1. The number of aromatic hydroxyl groups is 1. The van der Waals surface area contributed by atoms with Crippen molar-refractivity contribution in [1.82, 2.24) is 5.43 Å². The summed E-state index contributed by atoms with van der Waals surface area (Å²) in [6.45, 7) is 2.19. The van der Waals surface area contributed by atoms with Crippen LogP contribution >= 0.6 is 0 Å². The van der Waals surface area contributed by atoms with E-state index in [9.17, 15) is 9.90 Å². The van der Waals surface area contributed by atoms with Crippen LogP contribution in [0, 0.1) is 5.92 Å². The predicted molar refractivity (Wildman–Crippen MR) is 78.4 cm³/mol. The van der Waals surface area contributed by atoms with E-state index in [-0.39, 0.29) is 11.3 Å². The van der Waals surface area contributed by atoms with Gasteiger partial charge in [0.05, 0.1) is 11.8 Å². The van der Waals surface area contributed by atoms with Gasteiger partial charge in [-0.3, -0.25) is 4.79 Å². The van der Waals surface area contributed by atoms with Crippen LogP contribution in [-0.2, 0) is 0 Å². The third-order valence-electron chi connectivity index (χ3n) is 3.63. The van der Waals surface area contributed by atoms with Crippen LogP contribution in [0.25, 0.3) is 0 Å². The van der Waals surface area contributed by atoms with E-state index >= 15 is 0 Å². The Morgan fingerprint density at radius 3 is 2.86 bits per heavy atom. The molecule has 1 heterocycles. The van der Waals surface area contributed by atoms with E-state index in [1.165, 1.54) is 18.3 Å². The standard InChI is InChI=1S/C16H16N2O3/c1-10-8-13(10)15-7-6-11(21-15)9-17-18-16(20)12-4-2-3-5-14(12)19/h2-7,9-10,13,19H,8H2,1H3,(H,18,20)/b17-9-/t10-,13-/m0/s1. The van der Waals surface area contributed by atoms with Crippen molar-refractivity contribution in [3.8, 4) is 5.75 Å². The summed E-state index contributed by atoms with van der Waals surface area (Å²) in [6, 6.07) is 10.1. The van der Waals surface area contributed by atoms with E-state index in [4.69, 9.17) is 4.42 Å². The minimum absolute atomic E-state index is 0.0757. The Hall–Kier alpha value is -2.56. The number of nitrogens with zero attached hydrogens (tertiary/aromatic N) is 1. The zero-order valence-corrected chi connectivity index (χ0v) is 11.6. The number of furan rings is 1. The second-order valence-corrected chi connectivity index (χ2v) is 5.28. The first-order valence-electron chi connectivity index (χ1n) is 6.86. The van der Waals surface area contributed by atoms with Crippen molar-refractivity contribution < 1.29 is 14.3 Å². The highest BCUT2D eigenvalue weighted by Crippen LogP contribution is 2.47. The first-order chi connectivity index (χ1) is 10.1. The van der Waals surface area contributed by atoms with Crippen LogP contribution in [0.5, 0.6) is 5.75 Å². The number of hydrogen-bond acceptors (Lipinski definition) is 4. The van der Waals surface area contributed by atoms with Crippen LogP contribution in [0.4, 0.5) is 0 Å². The molecule has 5 nitrogen and oxygen atoms in total. The second-order valence-electron chi connectivity index (χ2n) is 5.28. The van der Waals surface area contributed by atoms with Gasteiger partial charge >= 0.3 is 0 Å². The van der Waals surface area contributed by atoms with Crippen LogP contribution in [0.2, 0.25) is 0 Å². The molecule has 1 aromatic heterocycles. The third-order valence-corrected chi connectivity index (χ3v) is 3.63. The molecule has 2 N–H and O–H groups in total. The van der Waals surface area contributed by atoms with Gasteiger partial charge in [0, 0.05) is 5.92 Å². The Morgan fingerprint density at radius 1 is 1.38 bits per heavy atom. The van der Waals surface area contributed by atoms with Crippen LogP contribution < -0.4 is 5.43 Å². The normalized spacial score (nSPS) is 20.6. The van der Waals surface area contributed by atoms with Gasteiger partial charge in [-0.1, -0.05) is 19.1 Å². The Labute approximate surface area is 122 Å². The molecule has 1 fully saturated rings. The SMILES string of the molecule is C[C@H]1C[C@@H]1c1ccc(/C=N\NC(=O)c2ccccc2O)o1. The smallest absolute Gasteiger partial charge is 0.275 e. The maximum absolute atomic E-state index is 11.8. The molecule has 1 saturated carbocycles. The summed E-state index contributed by atoms with van der Waals surface area (Å²) in [6.07, 6.45) is 2.61. The quantitative estimate of drug-likeness (QED) is 0.669. The van der Waals surface area contributed by atoms with Crippen molar-refractivity contribution in [1.29, 1.82) is 0 Å². The van der Waals surface area contributed by atoms with E-state index < -0.39 is 5.91 Å². The molecular formula is C16H16N2O3. The number of nitrogens with one attached hydrogen (secondary N) is 1. The predicted octanol–water partition coefficient (Wildman–Crippen LogP) is 2.87. The fourth-order valence-electron chi connectivity index (χ4n) is 2.24. The summed E-state index contributed by atoms with van der Waals surface area (Å²) in [7, 11) is 0. The Balaban J connectivity index is 1.61. The van der Waals surface area contributed by atoms with Crippen molar-refractivity contribution in [2.75, 3.05) is 0 Å². The lowest BCUT2D eigenvalue weighted by Gasteiger charge is -2.01. The number of hydrazone groups is 1. The molecule has 0 spiro atoms. The lowest BCUT2D eigenvalue weighted by atomic mass is 10.2. The fraction of sp³-hybridized carbons (Fsp3) is 0.250. The monoisotopic (exact) mass is 284 g/mol. The first kappa shape index (κ1) is 13.4. The molecule has 0 unspecified atom stereocenters. The highest BCUT2D eigenvalue weighted by Gasteiger charge is 2.36. The number of carbonyl (C=O) groups is 1. The summed E-state index contributed by atoms with van der Waals surface area (Å²) in [4.78, 5) is 11.8. The number of amides is 1. The van der Waals surface area contributed by atoms with E-state index in [1.807, 2.05) is 12.1 Å². The molecule has 2 atom stereocenters. The van der Waals surface area contributed by atoms with Gasteiger partial charge in [-0.2, -0.15) is 5.10 Å². The van der Waals surface area contributed by atoms with Gasteiger partial charge in [0.2, 0.25) is 0 Å². The number of para-hydroxylation sites is 1. The number of hydrogen-bond donors (Lipinski definition) is 2. The topological polar surface area (TPSA) is 74.8 Å². The maximum atomic E-state index is 11.8. The van der Waals surface area contributed by atoms with E-state index in [2.05, 4.69) is 17.5 Å². The lowest BCUT2D eigenvalue weighted by molar-refractivity contribution is 0.0952. The number of benzene rings is 1. The molecule has 0 aliphatic heterocycles. The summed E-state index contributed by atoms with van der Waals surface area (Å²) < 4.78 is 5.64. The lowest BCUT2D eigenvalue weighted by Crippen LogP contribution is -2.17. The average molecular weight is 284 g/mol. The van der Waals surface area contributed by atoms with Gasteiger partial charge in [0.25, 0.3) is 5.91 Å². The van der Waals surface area contributed by atoms with Crippen molar-refractivity contribution in [3.63, 3.8) is 0 Å². The third kappa shape index (κ3) is 2.97. The number of rotatable bonds is 4. The van der Waals surface area contributed by atoms with Gasteiger partial charge in [-0.25, -0.2) is 5.43 Å². The molecular weight excluding hydrogens is 268 g/mol. The summed E-state index contributed by atoms with van der Waals surface area (Å²) >= 11 is 0. The van der Waals surface area contributed by atoms with Crippen molar-refractivity contribution in [2.24, 2.45) is 11.0 Å². The first-order valence-corrected chi connectivity index (χ1v) is 6.86. The minimum atomic E-state index is -0.466. The van der Waals surface area contributed by atoms with Gasteiger partial charge in [0.15, 0.2) is 0 Å². The van der Waals surface area contributed by atoms with Crippen molar-refractivity contribution >= 4 is 12.1 Å². The van der Waals surface area contributed by atoms with Crippen molar-refractivity contribution in [3.05, 3.63) is 53.5 Å². The fourth-order valence-corrected chi connectivity index (χ4v) is 2.24. The zero-order valence-electron chi connectivity index (χ0n) is 11.6. The molecule has 108 valence electrons. The highest BCUT2D eigenvalue weighted by molar-refractivity contribution is 5.97.